The summed E-state index contributed by atoms with van der Waals surface area (Å²) in [5, 5.41) is 0. The summed E-state index contributed by atoms with van der Waals surface area (Å²) in [6.45, 7) is 5.03. The Morgan fingerprint density at radius 2 is 2.29 bits per heavy atom. The number of likely N-dealkylation sites (N-methyl/N-ethyl adjacent to an activating group) is 1. The van der Waals surface area contributed by atoms with E-state index in [0.29, 0.717) is 25.3 Å². The number of rotatable bonds is 5. The van der Waals surface area contributed by atoms with E-state index in [1.54, 1.807) is 28.6 Å². The third-order valence-corrected chi connectivity index (χ3v) is 6.30. The van der Waals surface area contributed by atoms with Crippen molar-refractivity contribution in [2.45, 2.75) is 37.6 Å². The van der Waals surface area contributed by atoms with Gasteiger partial charge in [0.15, 0.2) is 0 Å². The van der Waals surface area contributed by atoms with Crippen LogP contribution in [-0.2, 0) is 9.59 Å². The molecule has 0 aromatic heterocycles. The lowest BCUT2D eigenvalue weighted by Crippen LogP contribution is -2.51. The first-order valence-electron chi connectivity index (χ1n) is 8.31. The van der Waals surface area contributed by atoms with Crippen LogP contribution in [0.5, 0.6) is 5.75 Å². The number of carbonyl (C=O) groups is 2. The molecule has 1 aromatic carbocycles. The van der Waals surface area contributed by atoms with Crippen molar-refractivity contribution >= 4 is 23.6 Å². The van der Waals surface area contributed by atoms with Crippen LogP contribution < -0.4 is 4.74 Å². The minimum absolute atomic E-state index is 0.00863. The summed E-state index contributed by atoms with van der Waals surface area (Å²) in [6, 6.07) is 7.53. The number of nitrogens with zero attached hydrogens (tertiary/aromatic N) is 2. The fourth-order valence-electron chi connectivity index (χ4n) is 3.37. The molecule has 0 N–H and O–H groups in total. The summed E-state index contributed by atoms with van der Waals surface area (Å²) in [6.07, 6.45) is 1.38. The quantitative estimate of drug-likeness (QED) is 0.819. The molecular weight excluding hydrogens is 324 g/mol. The van der Waals surface area contributed by atoms with Crippen LogP contribution in [0.4, 0.5) is 0 Å². The summed E-state index contributed by atoms with van der Waals surface area (Å²) < 4.78 is 5.72. The molecule has 2 heterocycles. The molecule has 130 valence electrons. The van der Waals surface area contributed by atoms with Gasteiger partial charge >= 0.3 is 0 Å². The fraction of sp³-hybridized carbons (Fsp3) is 0.556. The van der Waals surface area contributed by atoms with Crippen molar-refractivity contribution in [3.63, 3.8) is 0 Å². The predicted molar refractivity (Wildman–Crippen MR) is 95.0 cm³/mol. The first kappa shape index (κ1) is 17.1. The van der Waals surface area contributed by atoms with E-state index in [0.717, 1.165) is 17.7 Å². The zero-order valence-corrected chi connectivity index (χ0v) is 15.3. The van der Waals surface area contributed by atoms with Crippen LogP contribution in [-0.4, -0.2) is 58.5 Å². The summed E-state index contributed by atoms with van der Waals surface area (Å²) in [5.74, 6) is 1.61. The second kappa shape index (κ2) is 6.67. The zero-order chi connectivity index (χ0) is 17.3. The second-order valence-electron chi connectivity index (χ2n) is 6.69. The molecule has 0 aliphatic carbocycles. The summed E-state index contributed by atoms with van der Waals surface area (Å²) in [7, 11) is 1.78. The van der Waals surface area contributed by atoms with Crippen LogP contribution in [0.3, 0.4) is 0 Å². The number of carbonyl (C=O) groups excluding carboxylic acids is 2. The lowest BCUT2D eigenvalue weighted by atomic mass is 10.2. The molecule has 0 spiro atoms. The Morgan fingerprint density at radius 3 is 3.04 bits per heavy atom. The third-order valence-electron chi connectivity index (χ3n) is 4.79. The highest BCUT2D eigenvalue weighted by molar-refractivity contribution is 8.01. The van der Waals surface area contributed by atoms with Crippen molar-refractivity contribution in [2.75, 3.05) is 26.0 Å². The maximum atomic E-state index is 12.7. The average Bonchev–Trinajstić information content (AvgIpc) is 3.03. The van der Waals surface area contributed by atoms with Crippen LogP contribution in [0.1, 0.15) is 25.3 Å². The maximum absolute atomic E-state index is 12.7. The molecule has 2 atom stereocenters. The average molecular weight is 348 g/mol. The van der Waals surface area contributed by atoms with Gasteiger partial charge in [0.1, 0.15) is 18.4 Å². The Kier molecular flexibility index (Phi) is 4.76. The monoisotopic (exact) mass is 348 g/mol. The van der Waals surface area contributed by atoms with Crippen LogP contribution in [0.15, 0.2) is 24.3 Å². The number of fused-ring (bicyclic) bond motifs is 1. The SMILES string of the molecule is Cc1cccc(OCCN(C)C(=O)[C@H]2CS[C@]3(C)CCC(=O)N23)c1. The molecule has 0 saturated carbocycles. The molecule has 0 unspecified atom stereocenters. The van der Waals surface area contributed by atoms with E-state index in [2.05, 4.69) is 6.92 Å². The van der Waals surface area contributed by atoms with E-state index in [-0.39, 0.29) is 22.7 Å². The van der Waals surface area contributed by atoms with E-state index >= 15 is 0 Å². The van der Waals surface area contributed by atoms with Crippen molar-refractivity contribution in [3.8, 4) is 5.75 Å². The van der Waals surface area contributed by atoms with E-state index in [4.69, 9.17) is 4.74 Å². The molecule has 2 saturated heterocycles. The number of benzene rings is 1. The van der Waals surface area contributed by atoms with Crippen LogP contribution >= 0.6 is 11.8 Å². The van der Waals surface area contributed by atoms with Gasteiger partial charge in [-0.25, -0.2) is 0 Å². The van der Waals surface area contributed by atoms with Crippen LogP contribution in [0.25, 0.3) is 0 Å². The van der Waals surface area contributed by atoms with Crippen molar-refractivity contribution in [1.82, 2.24) is 9.80 Å². The molecule has 0 bridgehead atoms. The van der Waals surface area contributed by atoms with Gasteiger partial charge in [0, 0.05) is 19.2 Å². The van der Waals surface area contributed by atoms with E-state index in [1.807, 2.05) is 31.2 Å². The maximum Gasteiger partial charge on any atom is 0.246 e. The Bertz CT molecular complexity index is 651. The topological polar surface area (TPSA) is 49.9 Å². The molecule has 0 radical (unpaired) electrons. The molecular formula is C18H24N2O3S. The second-order valence-corrected chi connectivity index (χ2v) is 8.19. The lowest BCUT2D eigenvalue weighted by molar-refractivity contribution is -0.143. The highest BCUT2D eigenvalue weighted by atomic mass is 32.2. The highest BCUT2D eigenvalue weighted by Crippen LogP contribution is 2.47. The minimum atomic E-state index is -0.334. The Labute approximate surface area is 147 Å². The van der Waals surface area contributed by atoms with Gasteiger partial charge < -0.3 is 14.5 Å². The number of amides is 2. The van der Waals surface area contributed by atoms with Crippen molar-refractivity contribution in [3.05, 3.63) is 29.8 Å². The summed E-state index contributed by atoms with van der Waals surface area (Å²) in [4.78, 5) is 28.2. The van der Waals surface area contributed by atoms with Gasteiger partial charge in [-0.15, -0.1) is 11.8 Å². The standard InChI is InChI=1S/C18H24N2O3S/c1-13-5-4-6-14(11-13)23-10-9-19(3)17(22)15-12-24-18(2)8-7-16(21)20(15)18/h4-6,11,15H,7-10,12H2,1-3H3/t15-,18-/m1/s1. The fourth-order valence-corrected chi connectivity index (χ4v) is 4.80. The molecule has 3 rings (SSSR count). The largest absolute Gasteiger partial charge is 0.492 e. The first-order valence-corrected chi connectivity index (χ1v) is 9.30. The summed E-state index contributed by atoms with van der Waals surface area (Å²) in [5.41, 5.74) is 1.15. The third kappa shape index (κ3) is 3.24. The molecule has 2 aliphatic heterocycles. The predicted octanol–water partition coefficient (Wildman–Crippen LogP) is 2.29. The molecule has 6 heteroatoms. The van der Waals surface area contributed by atoms with Crippen LogP contribution in [0.2, 0.25) is 0 Å². The molecule has 2 aliphatic rings. The molecule has 2 amide bonds. The smallest absolute Gasteiger partial charge is 0.246 e. The molecule has 5 nitrogen and oxygen atoms in total. The minimum Gasteiger partial charge on any atom is -0.492 e. The molecule has 1 aromatic rings. The van der Waals surface area contributed by atoms with Gasteiger partial charge in [0.25, 0.3) is 0 Å². The summed E-state index contributed by atoms with van der Waals surface area (Å²) >= 11 is 1.72. The highest BCUT2D eigenvalue weighted by Gasteiger charge is 2.53. The van der Waals surface area contributed by atoms with Gasteiger partial charge in [-0.3, -0.25) is 9.59 Å². The van der Waals surface area contributed by atoms with E-state index in [1.165, 1.54) is 0 Å². The van der Waals surface area contributed by atoms with Crippen LogP contribution in [0, 0.1) is 6.92 Å². The Balaban J connectivity index is 1.54. The van der Waals surface area contributed by atoms with Gasteiger partial charge in [-0.05, 0) is 38.0 Å². The van der Waals surface area contributed by atoms with Gasteiger partial charge in [0.05, 0.1) is 11.4 Å². The van der Waals surface area contributed by atoms with Gasteiger partial charge in [-0.2, -0.15) is 0 Å². The number of ether oxygens (including phenoxy) is 1. The van der Waals surface area contributed by atoms with Gasteiger partial charge in [-0.1, -0.05) is 12.1 Å². The number of hydrogen-bond acceptors (Lipinski definition) is 4. The Morgan fingerprint density at radius 1 is 1.50 bits per heavy atom. The van der Waals surface area contributed by atoms with E-state index in [9.17, 15) is 9.59 Å². The molecule has 24 heavy (non-hydrogen) atoms. The lowest BCUT2D eigenvalue weighted by Gasteiger charge is -2.31. The number of aryl methyl sites for hydroxylation is 1. The van der Waals surface area contributed by atoms with Crippen molar-refractivity contribution < 1.29 is 14.3 Å². The number of thioether (sulfide) groups is 1. The Hall–Kier alpha value is -1.69. The van der Waals surface area contributed by atoms with Gasteiger partial charge in [0.2, 0.25) is 11.8 Å². The molecule has 2 fully saturated rings. The number of hydrogen-bond donors (Lipinski definition) is 0. The van der Waals surface area contributed by atoms with Crippen molar-refractivity contribution in [2.24, 2.45) is 0 Å². The zero-order valence-electron chi connectivity index (χ0n) is 14.4. The van der Waals surface area contributed by atoms with Crippen molar-refractivity contribution in [1.29, 1.82) is 0 Å². The normalized spacial score (nSPS) is 25.7. The van der Waals surface area contributed by atoms with E-state index < -0.39 is 0 Å². The first-order chi connectivity index (χ1) is 11.4.